The second-order valence-electron chi connectivity index (χ2n) is 3.24. The van der Waals surface area contributed by atoms with E-state index in [4.69, 9.17) is 4.74 Å². The summed E-state index contributed by atoms with van der Waals surface area (Å²) >= 11 is 0. The van der Waals surface area contributed by atoms with E-state index in [9.17, 15) is 0 Å². The molecule has 2 fully saturated rings. The highest BCUT2D eigenvalue weighted by atomic mass is 16.5. The van der Waals surface area contributed by atoms with Gasteiger partial charge in [-0.3, -0.25) is 4.90 Å². The number of likely N-dealkylation sites (N-methyl/N-ethyl adjacent to an activating group) is 1. The number of hydrogen-bond acceptors (Lipinski definition) is 2. The molecule has 2 heterocycles. The van der Waals surface area contributed by atoms with Gasteiger partial charge < -0.3 is 4.74 Å². The fourth-order valence-corrected chi connectivity index (χ4v) is 1.78. The Balaban J connectivity index is 2.09. The zero-order valence-electron chi connectivity index (χ0n) is 5.89. The van der Waals surface area contributed by atoms with Crippen LogP contribution in [0.25, 0.3) is 0 Å². The third-order valence-electron chi connectivity index (χ3n) is 2.69. The van der Waals surface area contributed by atoms with Crippen LogP contribution in [-0.2, 0) is 4.74 Å². The van der Waals surface area contributed by atoms with Crippen LogP contribution < -0.4 is 0 Å². The van der Waals surface area contributed by atoms with Gasteiger partial charge >= 0.3 is 0 Å². The standard InChI is InChI=1S/C7H13NO/c1-8-4-2-3-7(8)5-9-6-7/h2-6H2,1H3. The highest BCUT2D eigenvalue weighted by Gasteiger charge is 2.44. The van der Waals surface area contributed by atoms with Crippen molar-refractivity contribution in [3.8, 4) is 0 Å². The van der Waals surface area contributed by atoms with Crippen molar-refractivity contribution in [1.82, 2.24) is 4.90 Å². The van der Waals surface area contributed by atoms with Gasteiger partial charge in [0.25, 0.3) is 0 Å². The third-order valence-corrected chi connectivity index (χ3v) is 2.69. The lowest BCUT2D eigenvalue weighted by molar-refractivity contribution is -0.114. The molecular formula is C7H13NO. The lowest BCUT2D eigenvalue weighted by Gasteiger charge is -2.43. The number of likely N-dealkylation sites (tertiary alicyclic amines) is 1. The summed E-state index contributed by atoms with van der Waals surface area (Å²) in [6.07, 6.45) is 2.71. The van der Waals surface area contributed by atoms with E-state index in [0.717, 1.165) is 13.2 Å². The van der Waals surface area contributed by atoms with Crippen LogP contribution in [0, 0.1) is 0 Å². The fraction of sp³-hybridized carbons (Fsp3) is 1.00. The Kier molecular flexibility index (Phi) is 1.08. The van der Waals surface area contributed by atoms with E-state index in [1.165, 1.54) is 19.4 Å². The first kappa shape index (κ1) is 5.69. The number of nitrogens with zero attached hydrogens (tertiary/aromatic N) is 1. The van der Waals surface area contributed by atoms with Gasteiger partial charge in [-0.2, -0.15) is 0 Å². The van der Waals surface area contributed by atoms with Crippen molar-refractivity contribution >= 4 is 0 Å². The molecule has 2 aliphatic heterocycles. The maximum atomic E-state index is 5.19. The van der Waals surface area contributed by atoms with Crippen molar-refractivity contribution in [3.63, 3.8) is 0 Å². The first-order chi connectivity index (χ1) is 4.33. The molecule has 2 rings (SSSR count). The Labute approximate surface area is 55.8 Å². The summed E-state index contributed by atoms with van der Waals surface area (Å²) in [5.41, 5.74) is 0.486. The molecule has 2 saturated heterocycles. The van der Waals surface area contributed by atoms with Gasteiger partial charge in [-0.1, -0.05) is 0 Å². The van der Waals surface area contributed by atoms with Crippen LogP contribution in [0.1, 0.15) is 12.8 Å². The second kappa shape index (κ2) is 1.70. The fourth-order valence-electron chi connectivity index (χ4n) is 1.78. The van der Waals surface area contributed by atoms with E-state index in [1.54, 1.807) is 0 Å². The van der Waals surface area contributed by atoms with Crippen LogP contribution >= 0.6 is 0 Å². The molecule has 0 bridgehead atoms. The molecule has 0 aromatic heterocycles. The summed E-state index contributed by atoms with van der Waals surface area (Å²) in [4.78, 5) is 2.44. The van der Waals surface area contributed by atoms with E-state index in [-0.39, 0.29) is 0 Å². The molecule has 2 nitrogen and oxygen atoms in total. The van der Waals surface area contributed by atoms with Gasteiger partial charge in [-0.15, -0.1) is 0 Å². The van der Waals surface area contributed by atoms with Crippen molar-refractivity contribution in [2.45, 2.75) is 18.4 Å². The van der Waals surface area contributed by atoms with Crippen LogP contribution in [0.3, 0.4) is 0 Å². The minimum absolute atomic E-state index is 0.486. The number of ether oxygens (including phenoxy) is 1. The minimum atomic E-state index is 0.486. The smallest absolute Gasteiger partial charge is 0.0676 e. The lowest BCUT2D eigenvalue weighted by Crippen LogP contribution is -2.57. The summed E-state index contributed by atoms with van der Waals surface area (Å²) < 4.78 is 5.19. The lowest BCUT2D eigenvalue weighted by atomic mass is 9.95. The second-order valence-corrected chi connectivity index (χ2v) is 3.24. The molecule has 0 amide bonds. The van der Waals surface area contributed by atoms with E-state index in [2.05, 4.69) is 11.9 Å². The molecule has 2 heteroatoms. The van der Waals surface area contributed by atoms with Gasteiger partial charge in [-0.25, -0.2) is 0 Å². The summed E-state index contributed by atoms with van der Waals surface area (Å²) in [6, 6.07) is 0. The maximum Gasteiger partial charge on any atom is 0.0676 e. The van der Waals surface area contributed by atoms with E-state index in [0.29, 0.717) is 5.54 Å². The zero-order chi connectivity index (χ0) is 6.32. The summed E-state index contributed by atoms with van der Waals surface area (Å²) in [5.74, 6) is 0. The normalized spacial score (nSPS) is 33.0. The largest absolute Gasteiger partial charge is 0.377 e. The molecule has 0 aromatic carbocycles. The van der Waals surface area contributed by atoms with Gasteiger partial charge in [-0.05, 0) is 26.4 Å². The maximum absolute atomic E-state index is 5.19. The highest BCUT2D eigenvalue weighted by Crippen LogP contribution is 2.33. The summed E-state index contributed by atoms with van der Waals surface area (Å²) in [7, 11) is 2.20. The Morgan fingerprint density at radius 3 is 2.44 bits per heavy atom. The molecule has 52 valence electrons. The molecule has 2 aliphatic rings. The average Bonchev–Trinajstić information content (AvgIpc) is 2.07. The SMILES string of the molecule is CN1CCCC12COC2. The Bertz CT molecular complexity index is 120. The van der Waals surface area contributed by atoms with Crippen molar-refractivity contribution in [2.75, 3.05) is 26.8 Å². The Morgan fingerprint density at radius 2 is 2.22 bits per heavy atom. The molecular weight excluding hydrogens is 114 g/mol. The van der Waals surface area contributed by atoms with Crippen molar-refractivity contribution in [2.24, 2.45) is 0 Å². The molecule has 0 aromatic rings. The van der Waals surface area contributed by atoms with Crippen LogP contribution in [0.5, 0.6) is 0 Å². The molecule has 0 N–H and O–H groups in total. The van der Waals surface area contributed by atoms with Gasteiger partial charge in [0.05, 0.1) is 18.8 Å². The molecule has 0 unspecified atom stereocenters. The minimum Gasteiger partial charge on any atom is -0.377 e. The highest BCUT2D eigenvalue weighted by molar-refractivity contribution is 4.99. The molecule has 0 atom stereocenters. The zero-order valence-corrected chi connectivity index (χ0v) is 5.89. The van der Waals surface area contributed by atoms with Crippen LogP contribution in [0.2, 0.25) is 0 Å². The van der Waals surface area contributed by atoms with E-state index >= 15 is 0 Å². The number of rotatable bonds is 0. The van der Waals surface area contributed by atoms with E-state index in [1.807, 2.05) is 0 Å². The molecule has 1 spiro atoms. The first-order valence-electron chi connectivity index (χ1n) is 3.63. The number of hydrogen-bond donors (Lipinski definition) is 0. The van der Waals surface area contributed by atoms with Gasteiger partial charge in [0.15, 0.2) is 0 Å². The van der Waals surface area contributed by atoms with Crippen LogP contribution in [0.15, 0.2) is 0 Å². The predicted molar refractivity (Wildman–Crippen MR) is 35.4 cm³/mol. The molecule has 0 saturated carbocycles. The first-order valence-corrected chi connectivity index (χ1v) is 3.63. The molecule has 0 radical (unpaired) electrons. The van der Waals surface area contributed by atoms with Crippen molar-refractivity contribution < 1.29 is 4.74 Å². The van der Waals surface area contributed by atoms with Crippen LogP contribution in [-0.4, -0.2) is 37.2 Å². The van der Waals surface area contributed by atoms with Gasteiger partial charge in [0, 0.05) is 0 Å². The van der Waals surface area contributed by atoms with Gasteiger partial charge in [0.2, 0.25) is 0 Å². The Morgan fingerprint density at radius 1 is 1.44 bits per heavy atom. The summed E-state index contributed by atoms with van der Waals surface area (Å²) in [5, 5.41) is 0. The predicted octanol–water partition coefficient (Wildman–Crippen LogP) is 0.481. The average molecular weight is 127 g/mol. The topological polar surface area (TPSA) is 12.5 Å². The quantitative estimate of drug-likeness (QED) is 0.469. The third kappa shape index (κ3) is 0.634. The van der Waals surface area contributed by atoms with Crippen LogP contribution in [0.4, 0.5) is 0 Å². The van der Waals surface area contributed by atoms with E-state index < -0.39 is 0 Å². The van der Waals surface area contributed by atoms with Gasteiger partial charge in [0.1, 0.15) is 0 Å². The van der Waals surface area contributed by atoms with Crippen molar-refractivity contribution in [1.29, 1.82) is 0 Å². The van der Waals surface area contributed by atoms with Crippen molar-refractivity contribution in [3.05, 3.63) is 0 Å². The Hall–Kier alpha value is -0.0800. The monoisotopic (exact) mass is 127 g/mol. The summed E-state index contributed by atoms with van der Waals surface area (Å²) in [6.45, 7) is 3.22. The molecule has 0 aliphatic carbocycles. The molecule has 9 heavy (non-hydrogen) atoms.